The topological polar surface area (TPSA) is 92.5 Å². The van der Waals surface area contributed by atoms with E-state index in [1.54, 1.807) is 6.07 Å². The number of halogens is 3. The number of carbonyl (C=O) groups is 1. The molecule has 1 aromatic carbocycles. The zero-order valence-electron chi connectivity index (χ0n) is 12.9. The quantitative estimate of drug-likeness (QED) is 0.766. The van der Waals surface area contributed by atoms with Gasteiger partial charge in [-0.05, 0) is 25.0 Å². The first-order chi connectivity index (χ1) is 10.9. The van der Waals surface area contributed by atoms with E-state index >= 15 is 0 Å². The number of piperidine rings is 1. The maximum Gasteiger partial charge on any atom is 0.246 e. The van der Waals surface area contributed by atoms with E-state index in [-0.39, 0.29) is 39.8 Å². The minimum absolute atomic E-state index is 0. The van der Waals surface area contributed by atoms with Crippen LogP contribution >= 0.6 is 35.6 Å². The molecule has 0 radical (unpaired) electrons. The van der Waals surface area contributed by atoms with E-state index in [0.717, 1.165) is 0 Å². The molecule has 1 aromatic rings. The lowest BCUT2D eigenvalue weighted by Crippen LogP contribution is -2.46. The third kappa shape index (κ3) is 4.74. The molecule has 0 saturated carbocycles. The van der Waals surface area contributed by atoms with Crippen molar-refractivity contribution < 1.29 is 13.2 Å². The Hall–Kier alpha value is -0.570. The molecule has 0 bridgehead atoms. The molecule has 2 rings (SSSR count). The highest BCUT2D eigenvalue weighted by Gasteiger charge is 2.35. The molecule has 3 N–H and O–H groups in total. The first-order valence-corrected chi connectivity index (χ1v) is 9.49. The summed E-state index contributed by atoms with van der Waals surface area (Å²) in [6.07, 6.45) is 1.24. The number of sulfonamides is 1. The minimum atomic E-state index is -3.85. The van der Waals surface area contributed by atoms with Crippen LogP contribution in [0.5, 0.6) is 0 Å². The fourth-order valence-electron chi connectivity index (χ4n) is 2.57. The Balaban J connectivity index is 0.00000288. The number of nitrogens with two attached hydrogens (primary N) is 1. The van der Waals surface area contributed by atoms with Gasteiger partial charge in [-0.3, -0.25) is 4.79 Å². The molecule has 1 amide bonds. The Kier molecular flexibility index (Phi) is 8.25. The number of nitrogens with one attached hydrogen (secondary N) is 1. The summed E-state index contributed by atoms with van der Waals surface area (Å²) in [6, 6.07) is 4.55. The second-order valence-electron chi connectivity index (χ2n) is 5.33. The van der Waals surface area contributed by atoms with E-state index in [9.17, 15) is 13.2 Å². The summed E-state index contributed by atoms with van der Waals surface area (Å²) in [6.45, 7) is 1.17. The normalized spacial score (nSPS) is 18.7. The van der Waals surface area contributed by atoms with Crippen LogP contribution in [0.15, 0.2) is 23.1 Å². The smallest absolute Gasteiger partial charge is 0.246 e. The van der Waals surface area contributed by atoms with Crippen LogP contribution in [-0.4, -0.2) is 44.8 Å². The highest BCUT2D eigenvalue weighted by Crippen LogP contribution is 2.33. The summed E-state index contributed by atoms with van der Waals surface area (Å²) in [5, 5.41) is 2.85. The van der Waals surface area contributed by atoms with Crippen molar-refractivity contribution in [3.63, 3.8) is 0 Å². The summed E-state index contributed by atoms with van der Waals surface area (Å²) in [5.41, 5.74) is 5.36. The number of nitrogens with zero attached hydrogens (tertiary/aromatic N) is 1. The zero-order chi connectivity index (χ0) is 17.0. The lowest BCUT2D eigenvalue weighted by Gasteiger charge is -2.31. The van der Waals surface area contributed by atoms with Crippen LogP contribution in [-0.2, 0) is 14.8 Å². The standard InChI is InChI=1S/C14H19Cl2N3O3S.ClH/c15-11-4-1-5-12(16)13(11)23(21,22)19-8-2-3-10(9-19)14(20)18-7-6-17;/h1,4-5,10H,2-3,6-9,17H2,(H,18,20);1H. The molecule has 1 aliphatic heterocycles. The maximum absolute atomic E-state index is 12.8. The molecule has 1 heterocycles. The molecule has 0 spiro atoms. The second kappa shape index (κ2) is 9.22. The largest absolute Gasteiger partial charge is 0.355 e. The van der Waals surface area contributed by atoms with Crippen LogP contribution in [0.2, 0.25) is 10.0 Å². The molecule has 136 valence electrons. The SMILES string of the molecule is Cl.NCCNC(=O)C1CCCN(S(=O)(=O)c2c(Cl)cccc2Cl)C1. The summed E-state index contributed by atoms with van der Waals surface area (Å²) in [7, 11) is -3.85. The Morgan fingerprint density at radius 3 is 2.54 bits per heavy atom. The van der Waals surface area contributed by atoms with Crippen molar-refractivity contribution in [2.24, 2.45) is 11.7 Å². The molecular weight excluding hydrogens is 397 g/mol. The van der Waals surface area contributed by atoms with Gasteiger partial charge in [0.25, 0.3) is 0 Å². The molecule has 6 nitrogen and oxygen atoms in total. The lowest BCUT2D eigenvalue weighted by atomic mass is 9.99. The van der Waals surface area contributed by atoms with E-state index < -0.39 is 15.9 Å². The summed E-state index contributed by atoms with van der Waals surface area (Å²) >= 11 is 12.0. The number of carbonyl (C=O) groups excluding carboxylic acids is 1. The molecule has 0 aliphatic carbocycles. The summed E-state index contributed by atoms with van der Waals surface area (Å²) < 4.78 is 26.9. The number of amides is 1. The number of benzene rings is 1. The number of rotatable bonds is 5. The van der Waals surface area contributed by atoms with Gasteiger partial charge in [0.15, 0.2) is 0 Å². The zero-order valence-corrected chi connectivity index (χ0v) is 16.0. The minimum Gasteiger partial charge on any atom is -0.355 e. The maximum atomic E-state index is 12.8. The molecule has 1 aliphatic rings. The molecule has 1 saturated heterocycles. The molecule has 24 heavy (non-hydrogen) atoms. The average molecular weight is 417 g/mol. The van der Waals surface area contributed by atoms with Crippen LogP contribution in [0.1, 0.15) is 12.8 Å². The van der Waals surface area contributed by atoms with Crippen LogP contribution in [0.3, 0.4) is 0 Å². The Labute approximate surface area is 158 Å². The Morgan fingerprint density at radius 2 is 1.96 bits per heavy atom. The van der Waals surface area contributed by atoms with Crippen molar-refractivity contribution >= 4 is 51.5 Å². The monoisotopic (exact) mass is 415 g/mol. The van der Waals surface area contributed by atoms with Crippen LogP contribution in [0, 0.1) is 5.92 Å². The highest BCUT2D eigenvalue weighted by atomic mass is 35.5. The lowest BCUT2D eigenvalue weighted by molar-refractivity contribution is -0.126. The van der Waals surface area contributed by atoms with Crippen molar-refractivity contribution in [1.29, 1.82) is 0 Å². The van der Waals surface area contributed by atoms with Crippen molar-refractivity contribution in [1.82, 2.24) is 9.62 Å². The number of hydrogen-bond acceptors (Lipinski definition) is 4. The molecule has 1 atom stereocenters. The predicted molar refractivity (Wildman–Crippen MR) is 97.3 cm³/mol. The fraction of sp³-hybridized carbons (Fsp3) is 0.500. The van der Waals surface area contributed by atoms with Gasteiger partial charge in [-0.1, -0.05) is 29.3 Å². The van der Waals surface area contributed by atoms with Gasteiger partial charge in [-0.15, -0.1) is 12.4 Å². The van der Waals surface area contributed by atoms with Gasteiger partial charge in [0, 0.05) is 26.2 Å². The molecule has 1 unspecified atom stereocenters. The first kappa shape index (κ1) is 21.5. The van der Waals surface area contributed by atoms with Gasteiger partial charge in [0.1, 0.15) is 4.90 Å². The summed E-state index contributed by atoms with van der Waals surface area (Å²) in [4.78, 5) is 12.0. The van der Waals surface area contributed by atoms with Crippen LogP contribution in [0.25, 0.3) is 0 Å². The predicted octanol–water partition coefficient (Wildman–Crippen LogP) is 1.89. The van der Waals surface area contributed by atoms with Crippen molar-refractivity contribution in [2.45, 2.75) is 17.7 Å². The van der Waals surface area contributed by atoms with Gasteiger partial charge in [0.2, 0.25) is 15.9 Å². The van der Waals surface area contributed by atoms with Crippen molar-refractivity contribution in [2.75, 3.05) is 26.2 Å². The average Bonchev–Trinajstić information content (AvgIpc) is 2.52. The first-order valence-electron chi connectivity index (χ1n) is 7.30. The van der Waals surface area contributed by atoms with E-state index in [1.165, 1.54) is 16.4 Å². The van der Waals surface area contributed by atoms with Gasteiger partial charge in [-0.25, -0.2) is 8.42 Å². The third-order valence-corrected chi connectivity index (χ3v) is 6.54. The molecule has 10 heteroatoms. The van der Waals surface area contributed by atoms with E-state index in [4.69, 9.17) is 28.9 Å². The van der Waals surface area contributed by atoms with Crippen molar-refractivity contribution in [3.05, 3.63) is 28.2 Å². The van der Waals surface area contributed by atoms with Gasteiger partial charge in [-0.2, -0.15) is 4.31 Å². The van der Waals surface area contributed by atoms with E-state index in [1.807, 2.05) is 0 Å². The molecule has 0 aromatic heterocycles. The number of hydrogen-bond donors (Lipinski definition) is 2. The van der Waals surface area contributed by atoms with Crippen molar-refractivity contribution in [3.8, 4) is 0 Å². The Bertz CT molecular complexity index is 665. The van der Waals surface area contributed by atoms with Crippen LogP contribution < -0.4 is 11.1 Å². The summed E-state index contributed by atoms with van der Waals surface area (Å²) in [5.74, 6) is -0.577. The third-order valence-electron chi connectivity index (χ3n) is 3.72. The second-order valence-corrected chi connectivity index (χ2v) is 8.02. The van der Waals surface area contributed by atoms with Crippen LogP contribution in [0.4, 0.5) is 0 Å². The molecular formula is C14H20Cl3N3O3S. The molecule has 1 fully saturated rings. The van der Waals surface area contributed by atoms with Gasteiger partial charge in [0.05, 0.1) is 16.0 Å². The van der Waals surface area contributed by atoms with Gasteiger partial charge >= 0.3 is 0 Å². The fourth-order valence-corrected chi connectivity index (χ4v) is 5.19. The Morgan fingerprint density at radius 1 is 1.33 bits per heavy atom. The van der Waals surface area contributed by atoms with E-state index in [2.05, 4.69) is 5.32 Å². The van der Waals surface area contributed by atoms with Gasteiger partial charge < -0.3 is 11.1 Å². The highest BCUT2D eigenvalue weighted by molar-refractivity contribution is 7.89. The van der Waals surface area contributed by atoms with E-state index in [0.29, 0.717) is 32.5 Å².